The lowest BCUT2D eigenvalue weighted by molar-refractivity contribution is 0.0702. The maximum absolute atomic E-state index is 10.3. The zero-order chi connectivity index (χ0) is 8.43. The number of thiophene rings is 1. The minimum atomic E-state index is -1.03. The number of hydrogen-bond acceptors (Lipinski definition) is 4. The largest absolute Gasteiger partial charge is 0.477 e. The Balaban J connectivity index is 3.14. The number of hydrogen-bond donors (Lipinski definition) is 2. The molecule has 1 aromatic rings. The van der Waals surface area contributed by atoms with E-state index < -0.39 is 5.97 Å². The van der Waals surface area contributed by atoms with Gasteiger partial charge in [-0.2, -0.15) is 0 Å². The summed E-state index contributed by atoms with van der Waals surface area (Å²) in [7, 11) is 0. The summed E-state index contributed by atoms with van der Waals surface area (Å²) in [6, 6.07) is 1.36. The van der Waals surface area contributed by atoms with Crippen molar-refractivity contribution < 1.29 is 14.7 Å². The SMILES string of the molecule is O=Cc1sc(C(=O)O)cc1S. The molecule has 0 aliphatic carbocycles. The normalized spacial score (nSPS) is 9.55. The summed E-state index contributed by atoms with van der Waals surface area (Å²) < 4.78 is 0. The highest BCUT2D eigenvalue weighted by Crippen LogP contribution is 2.23. The van der Waals surface area contributed by atoms with Crippen LogP contribution in [-0.2, 0) is 0 Å². The van der Waals surface area contributed by atoms with Crippen LogP contribution in [0.1, 0.15) is 19.3 Å². The van der Waals surface area contributed by atoms with Crippen molar-refractivity contribution >= 4 is 36.2 Å². The fraction of sp³-hybridized carbons (Fsp3) is 0. The third-order valence-electron chi connectivity index (χ3n) is 1.06. The summed E-state index contributed by atoms with van der Waals surface area (Å²) in [5.41, 5.74) is 0. The van der Waals surface area contributed by atoms with Gasteiger partial charge in [0.25, 0.3) is 0 Å². The minimum Gasteiger partial charge on any atom is -0.477 e. The van der Waals surface area contributed by atoms with Crippen LogP contribution in [-0.4, -0.2) is 17.4 Å². The standard InChI is InChI=1S/C6H4O3S2/c7-2-5-3(10)1-4(11-5)6(8)9/h1-2,10H,(H,8,9). The Morgan fingerprint density at radius 2 is 2.36 bits per heavy atom. The molecule has 1 aromatic heterocycles. The van der Waals surface area contributed by atoms with Gasteiger partial charge in [-0.15, -0.1) is 24.0 Å². The van der Waals surface area contributed by atoms with Crippen molar-refractivity contribution in [3.63, 3.8) is 0 Å². The fourth-order valence-corrected chi connectivity index (χ4v) is 1.70. The van der Waals surface area contributed by atoms with Crippen LogP contribution in [0.2, 0.25) is 0 Å². The molecular weight excluding hydrogens is 184 g/mol. The van der Waals surface area contributed by atoms with Crippen molar-refractivity contribution in [3.05, 3.63) is 15.8 Å². The van der Waals surface area contributed by atoms with Crippen LogP contribution in [0.4, 0.5) is 0 Å². The molecule has 0 saturated heterocycles. The van der Waals surface area contributed by atoms with Crippen molar-refractivity contribution in [2.45, 2.75) is 4.90 Å². The van der Waals surface area contributed by atoms with Crippen molar-refractivity contribution in [3.8, 4) is 0 Å². The number of aromatic carboxylic acids is 1. The maximum Gasteiger partial charge on any atom is 0.345 e. The first-order valence-corrected chi connectivity index (χ1v) is 3.93. The quantitative estimate of drug-likeness (QED) is 0.547. The van der Waals surface area contributed by atoms with Crippen molar-refractivity contribution in [1.82, 2.24) is 0 Å². The van der Waals surface area contributed by atoms with E-state index in [2.05, 4.69) is 12.6 Å². The van der Waals surface area contributed by atoms with E-state index in [1.165, 1.54) is 6.07 Å². The van der Waals surface area contributed by atoms with Gasteiger partial charge in [0.15, 0.2) is 6.29 Å². The molecule has 0 atom stereocenters. The minimum absolute atomic E-state index is 0.136. The molecule has 0 unspecified atom stereocenters. The second-order valence-corrected chi connectivity index (χ2v) is 3.35. The van der Waals surface area contributed by atoms with E-state index in [1.807, 2.05) is 0 Å². The Morgan fingerprint density at radius 1 is 1.73 bits per heavy atom. The number of aldehydes is 1. The Bertz CT molecular complexity index is 303. The number of carboxylic acids is 1. The van der Waals surface area contributed by atoms with Crippen LogP contribution in [0.3, 0.4) is 0 Å². The molecule has 0 saturated carbocycles. The van der Waals surface area contributed by atoms with Gasteiger partial charge in [-0.1, -0.05) is 0 Å². The maximum atomic E-state index is 10.3. The monoisotopic (exact) mass is 188 g/mol. The molecule has 0 fully saturated rings. The number of thiol groups is 1. The lowest BCUT2D eigenvalue weighted by Gasteiger charge is -1.79. The van der Waals surface area contributed by atoms with Gasteiger partial charge < -0.3 is 5.11 Å². The predicted octanol–water partition coefficient (Wildman–Crippen LogP) is 1.55. The molecule has 1 rings (SSSR count). The summed E-state index contributed by atoms with van der Waals surface area (Å²) in [4.78, 5) is 21.5. The Morgan fingerprint density at radius 3 is 2.64 bits per heavy atom. The second kappa shape index (κ2) is 3.06. The molecule has 1 N–H and O–H groups in total. The van der Waals surface area contributed by atoms with Gasteiger partial charge in [0.1, 0.15) is 4.88 Å². The Hall–Kier alpha value is -0.810. The molecule has 0 amide bonds. The van der Waals surface area contributed by atoms with E-state index in [0.29, 0.717) is 16.1 Å². The number of carbonyl (C=O) groups excluding carboxylic acids is 1. The summed E-state index contributed by atoms with van der Waals surface area (Å²) in [6.07, 6.45) is 0.597. The molecular formula is C6H4O3S2. The van der Waals surface area contributed by atoms with Gasteiger partial charge >= 0.3 is 5.97 Å². The second-order valence-electron chi connectivity index (χ2n) is 1.78. The van der Waals surface area contributed by atoms with Gasteiger partial charge in [-0.3, -0.25) is 4.79 Å². The van der Waals surface area contributed by atoms with Gasteiger partial charge in [0, 0.05) is 4.90 Å². The van der Waals surface area contributed by atoms with E-state index in [4.69, 9.17) is 5.11 Å². The van der Waals surface area contributed by atoms with E-state index in [0.717, 1.165) is 11.3 Å². The van der Waals surface area contributed by atoms with Crippen LogP contribution >= 0.6 is 24.0 Å². The molecule has 0 radical (unpaired) electrons. The zero-order valence-electron chi connectivity index (χ0n) is 5.27. The van der Waals surface area contributed by atoms with Crippen molar-refractivity contribution in [2.75, 3.05) is 0 Å². The third kappa shape index (κ3) is 1.61. The van der Waals surface area contributed by atoms with Gasteiger partial charge in [0.2, 0.25) is 0 Å². The van der Waals surface area contributed by atoms with Crippen LogP contribution in [0, 0.1) is 0 Å². The number of rotatable bonds is 2. The smallest absolute Gasteiger partial charge is 0.345 e. The number of carbonyl (C=O) groups is 2. The highest BCUT2D eigenvalue weighted by molar-refractivity contribution is 7.80. The predicted molar refractivity (Wildman–Crippen MR) is 43.9 cm³/mol. The molecule has 0 aliphatic heterocycles. The molecule has 0 aliphatic rings. The van der Waals surface area contributed by atoms with E-state index in [-0.39, 0.29) is 4.88 Å². The number of carboxylic acid groups (broad SMARTS) is 1. The molecule has 11 heavy (non-hydrogen) atoms. The molecule has 58 valence electrons. The van der Waals surface area contributed by atoms with Crippen LogP contribution in [0.15, 0.2) is 11.0 Å². The van der Waals surface area contributed by atoms with E-state index >= 15 is 0 Å². The third-order valence-corrected chi connectivity index (χ3v) is 2.63. The van der Waals surface area contributed by atoms with Crippen LogP contribution in [0.5, 0.6) is 0 Å². The fourth-order valence-electron chi connectivity index (χ4n) is 0.585. The van der Waals surface area contributed by atoms with E-state index in [9.17, 15) is 9.59 Å². The Labute approximate surface area is 72.1 Å². The topological polar surface area (TPSA) is 54.4 Å². The van der Waals surface area contributed by atoms with Crippen LogP contribution < -0.4 is 0 Å². The van der Waals surface area contributed by atoms with Gasteiger partial charge in [0.05, 0.1) is 4.88 Å². The zero-order valence-corrected chi connectivity index (χ0v) is 6.98. The lowest BCUT2D eigenvalue weighted by Crippen LogP contribution is -1.89. The highest BCUT2D eigenvalue weighted by atomic mass is 32.1. The van der Waals surface area contributed by atoms with Crippen molar-refractivity contribution in [2.24, 2.45) is 0 Å². The lowest BCUT2D eigenvalue weighted by atomic mass is 10.4. The highest BCUT2D eigenvalue weighted by Gasteiger charge is 2.10. The first-order chi connectivity index (χ1) is 5.15. The molecule has 0 spiro atoms. The first-order valence-electron chi connectivity index (χ1n) is 2.66. The summed E-state index contributed by atoms with van der Waals surface area (Å²) in [5.74, 6) is -1.03. The molecule has 1 heterocycles. The van der Waals surface area contributed by atoms with Crippen LogP contribution in [0.25, 0.3) is 0 Å². The summed E-state index contributed by atoms with van der Waals surface area (Å²) in [5, 5.41) is 8.48. The summed E-state index contributed by atoms with van der Waals surface area (Å²) in [6.45, 7) is 0. The summed E-state index contributed by atoms with van der Waals surface area (Å²) >= 11 is 4.83. The van der Waals surface area contributed by atoms with E-state index in [1.54, 1.807) is 0 Å². The molecule has 0 aromatic carbocycles. The Kier molecular flexibility index (Phi) is 2.31. The van der Waals surface area contributed by atoms with Gasteiger partial charge in [-0.05, 0) is 6.07 Å². The average Bonchev–Trinajstić information content (AvgIpc) is 2.31. The molecule has 0 bridgehead atoms. The molecule has 5 heteroatoms. The average molecular weight is 188 g/mol. The van der Waals surface area contributed by atoms with Gasteiger partial charge in [-0.25, -0.2) is 4.79 Å². The first kappa shape index (κ1) is 8.29. The molecule has 3 nitrogen and oxygen atoms in total. The van der Waals surface area contributed by atoms with Crippen molar-refractivity contribution in [1.29, 1.82) is 0 Å².